The molecule has 0 atom stereocenters. The first-order chi connectivity index (χ1) is 8.56. The summed E-state index contributed by atoms with van der Waals surface area (Å²) in [5, 5.41) is 9.34. The van der Waals surface area contributed by atoms with Gasteiger partial charge in [-0.2, -0.15) is 0 Å². The Balaban J connectivity index is 2.18. The Bertz CT molecular complexity index is 584. The highest BCUT2D eigenvalue weighted by Gasteiger charge is 2.06. The fraction of sp³-hybridized carbons (Fsp3) is 0.0833. The van der Waals surface area contributed by atoms with Crippen LogP contribution in [0.4, 0.5) is 0 Å². The number of carboxylic acids is 1. The Morgan fingerprint density at radius 1 is 1.33 bits per heavy atom. The highest BCUT2D eigenvalue weighted by atomic mass is 35.5. The number of nitrogens with zero attached hydrogens (tertiary/aromatic N) is 2. The van der Waals surface area contributed by atoms with Crippen LogP contribution >= 0.6 is 11.6 Å². The van der Waals surface area contributed by atoms with Crippen molar-refractivity contribution in [3.05, 3.63) is 46.7 Å². The number of benzene rings is 1. The van der Waals surface area contributed by atoms with Crippen LogP contribution in [-0.4, -0.2) is 21.0 Å². The molecule has 0 saturated heterocycles. The van der Waals surface area contributed by atoms with Crippen LogP contribution in [0.25, 0.3) is 0 Å². The van der Waals surface area contributed by atoms with E-state index in [9.17, 15) is 4.79 Å². The van der Waals surface area contributed by atoms with E-state index in [0.717, 1.165) is 5.56 Å². The molecule has 0 saturated carbocycles. The smallest absolute Gasteiger partial charge is 0.338 e. The van der Waals surface area contributed by atoms with E-state index < -0.39 is 5.97 Å². The molecule has 1 aromatic heterocycles. The molecule has 18 heavy (non-hydrogen) atoms. The van der Waals surface area contributed by atoms with Crippen molar-refractivity contribution in [3.63, 3.8) is 0 Å². The van der Waals surface area contributed by atoms with Gasteiger partial charge in [-0.05, 0) is 30.7 Å². The lowest BCUT2D eigenvalue weighted by Crippen LogP contribution is -1.99. The molecule has 5 nitrogen and oxygen atoms in total. The average Bonchev–Trinajstić information content (AvgIpc) is 2.34. The fourth-order valence-electron chi connectivity index (χ4n) is 1.27. The van der Waals surface area contributed by atoms with E-state index in [1.807, 2.05) is 6.92 Å². The maximum absolute atomic E-state index is 10.6. The summed E-state index contributed by atoms with van der Waals surface area (Å²) in [6.07, 6.45) is 2.38. The van der Waals surface area contributed by atoms with Crippen LogP contribution in [-0.2, 0) is 0 Å². The quantitative estimate of drug-likeness (QED) is 0.923. The third-order valence-corrected chi connectivity index (χ3v) is 2.64. The molecule has 1 N–H and O–H groups in total. The highest BCUT2D eigenvalue weighted by molar-refractivity contribution is 6.31. The Hall–Kier alpha value is -2.14. The molecule has 2 aromatic rings. The zero-order valence-corrected chi connectivity index (χ0v) is 10.2. The van der Waals surface area contributed by atoms with Gasteiger partial charge in [0, 0.05) is 17.4 Å². The van der Waals surface area contributed by atoms with Gasteiger partial charge in [-0.25, -0.2) is 14.8 Å². The number of aromatic nitrogens is 2. The predicted molar refractivity (Wildman–Crippen MR) is 65.3 cm³/mol. The summed E-state index contributed by atoms with van der Waals surface area (Å²) in [5.74, 6) is -0.538. The summed E-state index contributed by atoms with van der Waals surface area (Å²) in [4.78, 5) is 18.2. The second kappa shape index (κ2) is 5.01. The average molecular weight is 265 g/mol. The summed E-state index contributed by atoms with van der Waals surface area (Å²) in [6, 6.07) is 5.22. The van der Waals surface area contributed by atoms with E-state index in [1.165, 1.54) is 12.4 Å². The molecule has 0 aliphatic heterocycles. The highest BCUT2D eigenvalue weighted by Crippen LogP contribution is 2.23. The summed E-state index contributed by atoms with van der Waals surface area (Å²) in [7, 11) is 0. The topological polar surface area (TPSA) is 72.3 Å². The molecular weight excluding hydrogens is 256 g/mol. The second-order valence-corrected chi connectivity index (χ2v) is 3.98. The molecule has 1 aromatic carbocycles. The van der Waals surface area contributed by atoms with Gasteiger partial charge in [0.15, 0.2) is 0 Å². The number of aromatic carboxylic acids is 1. The molecule has 0 radical (unpaired) electrons. The van der Waals surface area contributed by atoms with Crippen LogP contribution in [0, 0.1) is 6.92 Å². The number of halogens is 1. The van der Waals surface area contributed by atoms with E-state index in [0.29, 0.717) is 10.8 Å². The molecule has 2 rings (SSSR count). The maximum Gasteiger partial charge on any atom is 0.338 e. The molecule has 0 fully saturated rings. The van der Waals surface area contributed by atoms with Crippen molar-refractivity contribution in [1.82, 2.24) is 9.97 Å². The Labute approximate surface area is 108 Å². The van der Waals surface area contributed by atoms with E-state index in [4.69, 9.17) is 21.4 Å². The van der Waals surface area contributed by atoms with Gasteiger partial charge < -0.3 is 9.84 Å². The van der Waals surface area contributed by atoms with Gasteiger partial charge in [0.25, 0.3) is 0 Å². The largest absolute Gasteiger partial charge is 0.478 e. The van der Waals surface area contributed by atoms with E-state index in [2.05, 4.69) is 9.97 Å². The van der Waals surface area contributed by atoms with Crippen LogP contribution in [0.1, 0.15) is 15.9 Å². The monoisotopic (exact) mass is 264 g/mol. The molecule has 6 heteroatoms. The summed E-state index contributed by atoms with van der Waals surface area (Å²) < 4.78 is 5.38. The number of hydrogen-bond acceptors (Lipinski definition) is 4. The van der Waals surface area contributed by atoms with Crippen LogP contribution in [0.3, 0.4) is 0 Å². The normalized spacial score (nSPS) is 10.1. The lowest BCUT2D eigenvalue weighted by molar-refractivity contribution is 0.0696. The number of aryl methyl sites for hydroxylation is 1. The number of rotatable bonds is 3. The Morgan fingerprint density at radius 3 is 2.56 bits per heavy atom. The maximum atomic E-state index is 10.6. The van der Waals surface area contributed by atoms with Crippen LogP contribution < -0.4 is 4.74 Å². The first-order valence-corrected chi connectivity index (χ1v) is 5.43. The van der Waals surface area contributed by atoms with Crippen molar-refractivity contribution in [2.45, 2.75) is 6.92 Å². The first-order valence-electron chi connectivity index (χ1n) is 5.05. The van der Waals surface area contributed by atoms with Crippen molar-refractivity contribution in [3.8, 4) is 11.8 Å². The number of hydrogen-bond donors (Lipinski definition) is 1. The van der Waals surface area contributed by atoms with E-state index in [1.54, 1.807) is 18.2 Å². The van der Waals surface area contributed by atoms with Gasteiger partial charge >= 0.3 is 12.0 Å². The lowest BCUT2D eigenvalue weighted by Gasteiger charge is -2.05. The van der Waals surface area contributed by atoms with E-state index >= 15 is 0 Å². The third-order valence-electron chi connectivity index (χ3n) is 2.21. The number of ether oxygens (including phenoxy) is 1. The van der Waals surface area contributed by atoms with Crippen molar-refractivity contribution < 1.29 is 14.6 Å². The Morgan fingerprint density at radius 2 is 2.00 bits per heavy atom. The van der Waals surface area contributed by atoms with Crippen LogP contribution in [0.15, 0.2) is 30.6 Å². The van der Waals surface area contributed by atoms with Gasteiger partial charge in [-0.1, -0.05) is 11.6 Å². The molecule has 1 heterocycles. The summed E-state index contributed by atoms with van der Waals surface area (Å²) in [5.41, 5.74) is 0.881. The lowest BCUT2D eigenvalue weighted by atomic mass is 10.2. The standard InChI is InChI=1S/C12H9ClN2O3/c1-7-4-9(2-3-10(7)13)18-12-14-5-8(6-15-12)11(16)17/h2-6H,1H3,(H,16,17). The van der Waals surface area contributed by atoms with Crippen molar-refractivity contribution in [1.29, 1.82) is 0 Å². The number of carboxylic acid groups (broad SMARTS) is 1. The SMILES string of the molecule is Cc1cc(Oc2ncc(C(=O)O)cn2)ccc1Cl. The first kappa shape index (κ1) is 12.3. The van der Waals surface area contributed by atoms with Gasteiger partial charge in [-0.3, -0.25) is 0 Å². The minimum Gasteiger partial charge on any atom is -0.478 e. The van der Waals surface area contributed by atoms with Gasteiger partial charge in [0.2, 0.25) is 0 Å². The molecule has 0 bridgehead atoms. The third kappa shape index (κ3) is 2.75. The van der Waals surface area contributed by atoms with Crippen molar-refractivity contribution in [2.24, 2.45) is 0 Å². The van der Waals surface area contributed by atoms with Crippen molar-refractivity contribution in [2.75, 3.05) is 0 Å². The molecular formula is C12H9ClN2O3. The fourth-order valence-corrected chi connectivity index (χ4v) is 1.38. The minimum absolute atomic E-state index is 0.00892. The van der Waals surface area contributed by atoms with Crippen LogP contribution in [0.5, 0.6) is 11.8 Å². The van der Waals surface area contributed by atoms with Gasteiger partial charge in [-0.15, -0.1) is 0 Å². The summed E-state index contributed by atoms with van der Waals surface area (Å²) in [6.45, 7) is 1.85. The molecule has 0 aliphatic carbocycles. The second-order valence-electron chi connectivity index (χ2n) is 3.57. The Kier molecular flexibility index (Phi) is 3.43. The zero-order valence-electron chi connectivity index (χ0n) is 9.42. The van der Waals surface area contributed by atoms with Crippen molar-refractivity contribution >= 4 is 17.6 Å². The van der Waals surface area contributed by atoms with Gasteiger partial charge in [0.1, 0.15) is 5.75 Å². The zero-order chi connectivity index (χ0) is 13.1. The minimum atomic E-state index is -1.08. The van der Waals surface area contributed by atoms with Crippen LogP contribution in [0.2, 0.25) is 5.02 Å². The number of carbonyl (C=O) groups is 1. The molecule has 0 amide bonds. The van der Waals surface area contributed by atoms with Gasteiger partial charge in [0.05, 0.1) is 5.56 Å². The molecule has 0 unspecified atom stereocenters. The molecule has 0 spiro atoms. The summed E-state index contributed by atoms with van der Waals surface area (Å²) >= 11 is 5.89. The molecule has 92 valence electrons. The molecule has 0 aliphatic rings. The predicted octanol–water partition coefficient (Wildman–Crippen LogP) is 2.93. The van der Waals surface area contributed by atoms with E-state index in [-0.39, 0.29) is 11.6 Å².